The molecule has 12 nitrogen and oxygen atoms in total. The smallest absolute Gasteiger partial charge is 0.410 e. The number of fused-ring (bicyclic) bond motifs is 1. The van der Waals surface area contributed by atoms with E-state index in [0.29, 0.717) is 48.0 Å². The van der Waals surface area contributed by atoms with Gasteiger partial charge in [0, 0.05) is 55.6 Å². The van der Waals surface area contributed by atoms with Gasteiger partial charge in [-0.3, -0.25) is 9.20 Å². The summed E-state index contributed by atoms with van der Waals surface area (Å²) in [6.45, 7) is 10.4. The molecule has 0 bridgehead atoms. The molecule has 0 aliphatic carbocycles. The summed E-state index contributed by atoms with van der Waals surface area (Å²) < 4.78 is 24.3. The molecule has 1 aliphatic rings. The Labute approximate surface area is 266 Å². The van der Waals surface area contributed by atoms with Crippen molar-refractivity contribution in [2.75, 3.05) is 39.7 Å². The highest BCUT2D eigenvalue weighted by atomic mass is 79.9. The number of likely N-dealkylation sites (tertiary alicyclic amines) is 1. The van der Waals surface area contributed by atoms with Crippen LogP contribution in [0.1, 0.15) is 64.8 Å². The number of hydrogen-bond donors (Lipinski definition) is 2. The Hall–Kier alpha value is -3.58. The number of piperidine rings is 1. The molecule has 2 aromatic heterocycles. The van der Waals surface area contributed by atoms with Crippen LogP contribution in [0, 0.1) is 0 Å². The van der Waals surface area contributed by atoms with Crippen molar-refractivity contribution in [3.05, 3.63) is 46.6 Å². The van der Waals surface area contributed by atoms with E-state index in [9.17, 15) is 9.59 Å². The van der Waals surface area contributed by atoms with Gasteiger partial charge in [0.25, 0.3) is 0 Å². The Morgan fingerprint density at radius 2 is 1.84 bits per heavy atom. The molecule has 3 aromatic rings. The minimum atomic E-state index is -0.901. The number of carbonyl (C=O) groups is 2. The second-order valence-corrected chi connectivity index (χ2v) is 13.1. The fourth-order valence-electron chi connectivity index (χ4n) is 5.31. The lowest BCUT2D eigenvalue weighted by molar-refractivity contribution is -0.147. The summed E-state index contributed by atoms with van der Waals surface area (Å²) in [5.74, 6) is 2.46. The quantitative estimate of drug-likeness (QED) is 0.279. The number of amides is 1. The number of aromatic nitrogens is 3. The van der Waals surface area contributed by atoms with Crippen LogP contribution in [0.25, 0.3) is 5.52 Å². The van der Waals surface area contributed by atoms with Gasteiger partial charge in [0.1, 0.15) is 38.6 Å². The minimum absolute atomic E-state index is 0.0666. The van der Waals surface area contributed by atoms with E-state index in [1.807, 2.05) is 49.6 Å². The summed E-state index contributed by atoms with van der Waals surface area (Å²) in [5, 5.41) is 6.70. The fraction of sp³-hybridized carbons (Fsp3) is 0.548. The number of ether oxygens (including phenoxy) is 4. The molecule has 3 heterocycles. The largest absolute Gasteiger partial charge is 0.497 e. The average molecular weight is 676 g/mol. The van der Waals surface area contributed by atoms with E-state index in [1.165, 1.54) is 7.11 Å². The average Bonchev–Trinajstić information content (AvgIpc) is 3.34. The third-order valence-electron chi connectivity index (χ3n) is 7.65. The molecular formula is C31H43BrN6O6. The molecule has 0 spiro atoms. The van der Waals surface area contributed by atoms with E-state index in [4.69, 9.17) is 23.9 Å². The van der Waals surface area contributed by atoms with E-state index in [1.54, 1.807) is 39.2 Å². The summed E-state index contributed by atoms with van der Waals surface area (Å²) in [5.41, 5.74) is 0.183. The summed E-state index contributed by atoms with van der Waals surface area (Å²) in [4.78, 5) is 37.0. The molecule has 1 fully saturated rings. The van der Waals surface area contributed by atoms with Crippen LogP contribution in [-0.4, -0.2) is 82.9 Å². The molecule has 13 heteroatoms. The number of anilines is 1. The fourth-order valence-corrected chi connectivity index (χ4v) is 5.87. The summed E-state index contributed by atoms with van der Waals surface area (Å²) in [6, 6.07) is 5.50. The van der Waals surface area contributed by atoms with Gasteiger partial charge in [0.15, 0.2) is 5.82 Å². The number of halogens is 1. The minimum Gasteiger partial charge on any atom is -0.497 e. The molecule has 44 heavy (non-hydrogen) atoms. The number of hydrogen-bond acceptors (Lipinski definition) is 10. The zero-order valence-corrected chi connectivity index (χ0v) is 28.3. The summed E-state index contributed by atoms with van der Waals surface area (Å²) in [7, 11) is 4.61. The molecule has 4 rings (SSSR count). The Morgan fingerprint density at radius 3 is 2.50 bits per heavy atom. The van der Waals surface area contributed by atoms with Crippen molar-refractivity contribution in [1.29, 1.82) is 0 Å². The first-order chi connectivity index (χ1) is 20.8. The molecule has 240 valence electrons. The second kappa shape index (κ2) is 13.6. The van der Waals surface area contributed by atoms with Crippen LogP contribution in [0.2, 0.25) is 0 Å². The van der Waals surface area contributed by atoms with E-state index in [0.717, 1.165) is 23.3 Å². The molecule has 1 aromatic carbocycles. The van der Waals surface area contributed by atoms with Gasteiger partial charge in [0.05, 0.1) is 21.3 Å². The maximum Gasteiger partial charge on any atom is 0.410 e. The van der Waals surface area contributed by atoms with Crippen LogP contribution in [0.3, 0.4) is 0 Å². The maximum atomic E-state index is 13.5. The Kier molecular flexibility index (Phi) is 10.3. The number of rotatable bonds is 10. The Bertz CT molecular complexity index is 1490. The Balaban J connectivity index is 1.58. The van der Waals surface area contributed by atoms with Gasteiger partial charge in [-0.1, -0.05) is 0 Å². The number of imidazole rings is 1. The third kappa shape index (κ3) is 7.55. The lowest BCUT2D eigenvalue weighted by Gasteiger charge is -2.41. The lowest BCUT2D eigenvalue weighted by atomic mass is 9.91. The van der Waals surface area contributed by atoms with Crippen molar-refractivity contribution in [2.24, 2.45) is 0 Å². The van der Waals surface area contributed by atoms with Gasteiger partial charge < -0.3 is 34.5 Å². The Morgan fingerprint density at radius 1 is 1.09 bits per heavy atom. The van der Waals surface area contributed by atoms with Crippen molar-refractivity contribution in [1.82, 2.24) is 24.6 Å². The van der Waals surface area contributed by atoms with Gasteiger partial charge in [-0.2, -0.15) is 0 Å². The number of nitrogens with one attached hydrogen (secondary N) is 2. The molecule has 2 atom stereocenters. The van der Waals surface area contributed by atoms with Crippen molar-refractivity contribution in [3.63, 3.8) is 0 Å². The van der Waals surface area contributed by atoms with Crippen molar-refractivity contribution in [3.8, 4) is 11.5 Å². The van der Waals surface area contributed by atoms with Gasteiger partial charge in [-0.25, -0.2) is 14.8 Å². The highest BCUT2D eigenvalue weighted by molar-refractivity contribution is 9.10. The summed E-state index contributed by atoms with van der Waals surface area (Å²) >= 11 is 3.66. The van der Waals surface area contributed by atoms with Gasteiger partial charge >= 0.3 is 12.1 Å². The molecule has 0 unspecified atom stereocenters. The van der Waals surface area contributed by atoms with Crippen LogP contribution in [0.4, 0.5) is 10.6 Å². The summed E-state index contributed by atoms with van der Waals surface area (Å²) in [6.07, 6.45) is 4.68. The number of nitrogens with zero attached hydrogens (tertiary/aromatic N) is 4. The second-order valence-electron chi connectivity index (χ2n) is 12.3. The first-order valence-corrected chi connectivity index (χ1v) is 15.4. The van der Waals surface area contributed by atoms with Crippen molar-refractivity contribution in [2.45, 2.75) is 77.1 Å². The monoisotopic (exact) mass is 674 g/mol. The SMILES string of the molecule is COC(=O)C(C)(C)NC[C@@H]1CC[C@@H](c2nc(Br)c3c(NCc4ccc(OC)cc4OC)nccn23)CN1C(=O)OC(C)(C)C. The van der Waals surface area contributed by atoms with E-state index in [-0.39, 0.29) is 17.9 Å². The standard InChI is InChI=1S/C31H43BrN6O6/c1-30(2,3)44-29(40)38-18-20(9-11-21(38)17-35-31(4,5)28(39)43-8)27-36-25(32)24-26(33-13-14-37(24)27)34-16-19-10-12-22(41-6)15-23(19)42-7/h10,12-15,20-21,35H,9,11,16-18H2,1-8H3,(H,33,34)/t20-,21+/m1/s1. The number of esters is 1. The van der Waals surface area contributed by atoms with Crippen LogP contribution in [-0.2, 0) is 20.8 Å². The highest BCUT2D eigenvalue weighted by Crippen LogP contribution is 2.35. The maximum absolute atomic E-state index is 13.5. The predicted molar refractivity (Wildman–Crippen MR) is 170 cm³/mol. The van der Waals surface area contributed by atoms with Crippen molar-refractivity contribution < 1.29 is 28.5 Å². The number of benzene rings is 1. The highest BCUT2D eigenvalue weighted by Gasteiger charge is 2.38. The van der Waals surface area contributed by atoms with Crippen LogP contribution < -0.4 is 20.1 Å². The van der Waals surface area contributed by atoms with Crippen LogP contribution in [0.5, 0.6) is 11.5 Å². The molecule has 1 aliphatic heterocycles. The zero-order valence-electron chi connectivity index (χ0n) is 26.7. The lowest BCUT2D eigenvalue weighted by Crippen LogP contribution is -2.56. The molecule has 0 saturated carbocycles. The van der Waals surface area contributed by atoms with E-state index in [2.05, 4.69) is 31.5 Å². The van der Waals surface area contributed by atoms with Crippen molar-refractivity contribution >= 4 is 39.3 Å². The number of methoxy groups -OCH3 is 3. The zero-order chi connectivity index (χ0) is 32.2. The first-order valence-electron chi connectivity index (χ1n) is 14.6. The number of carbonyl (C=O) groups excluding carboxylic acids is 2. The van der Waals surface area contributed by atoms with Crippen LogP contribution in [0.15, 0.2) is 35.2 Å². The molecule has 1 saturated heterocycles. The normalized spacial score (nSPS) is 17.3. The topological polar surface area (TPSA) is 129 Å². The van der Waals surface area contributed by atoms with E-state index < -0.39 is 17.2 Å². The molecule has 1 amide bonds. The van der Waals surface area contributed by atoms with Gasteiger partial charge in [-0.15, -0.1) is 0 Å². The van der Waals surface area contributed by atoms with Gasteiger partial charge in [0.2, 0.25) is 0 Å². The van der Waals surface area contributed by atoms with Gasteiger partial charge in [-0.05, 0) is 75.5 Å². The third-order valence-corrected chi connectivity index (χ3v) is 8.21. The predicted octanol–water partition coefficient (Wildman–Crippen LogP) is 5.15. The molecule has 0 radical (unpaired) electrons. The molecule has 2 N–H and O–H groups in total. The van der Waals surface area contributed by atoms with Crippen LogP contribution >= 0.6 is 15.9 Å². The van der Waals surface area contributed by atoms with E-state index >= 15 is 0 Å². The first kappa shape index (κ1) is 33.3. The molecular weight excluding hydrogens is 632 g/mol.